The van der Waals surface area contributed by atoms with Crippen molar-refractivity contribution in [2.24, 2.45) is 5.73 Å². The Morgan fingerprint density at radius 1 is 0.452 bits per heavy atom. The lowest BCUT2D eigenvalue weighted by molar-refractivity contribution is 0.0516. The number of nitrogen functional groups attached to an aromatic ring is 3. The Kier molecular flexibility index (Phi) is 21.1. The summed E-state index contributed by atoms with van der Waals surface area (Å²) in [6.07, 6.45) is 14.2. The monoisotopic (exact) mass is 1450 g/mol. The number of aromatic amines is 1. The number of nitrogens with one attached hydrogen (secondary N) is 1. The van der Waals surface area contributed by atoms with Crippen LogP contribution >= 0.6 is 15.9 Å². The Morgan fingerprint density at radius 3 is 1.17 bits per heavy atom. The van der Waals surface area contributed by atoms with Crippen molar-refractivity contribution in [1.29, 1.82) is 0 Å². The van der Waals surface area contributed by atoms with E-state index in [0.717, 1.165) is 98.4 Å². The highest BCUT2D eigenvalue weighted by Gasteiger charge is 2.22. The summed E-state index contributed by atoms with van der Waals surface area (Å²) in [7, 11) is 0. The van der Waals surface area contributed by atoms with Crippen LogP contribution < -0.4 is 22.9 Å². The van der Waals surface area contributed by atoms with E-state index in [1.807, 2.05) is 98.9 Å². The number of benzene rings is 6. The zero-order valence-corrected chi connectivity index (χ0v) is 58.1. The third-order valence-corrected chi connectivity index (χ3v) is 17.3. The summed E-state index contributed by atoms with van der Waals surface area (Å²) in [6, 6.07) is 48.1. The number of primary amides is 1. The first kappa shape index (κ1) is 70.6. The molecule has 104 heavy (non-hydrogen) atoms. The largest absolute Gasteiger partial charge is 0.462 e. The van der Waals surface area contributed by atoms with Gasteiger partial charge in [0.05, 0.1) is 86.6 Å². The van der Waals surface area contributed by atoms with Gasteiger partial charge in [0.25, 0.3) is 5.91 Å². The number of aromatic nitrogens is 12. The molecule has 0 unspecified atom stereocenters. The number of halogens is 4. The van der Waals surface area contributed by atoms with E-state index in [9.17, 15) is 27.6 Å². The van der Waals surface area contributed by atoms with Crippen LogP contribution in [0.15, 0.2) is 224 Å². The summed E-state index contributed by atoms with van der Waals surface area (Å²) < 4.78 is 54.0. The normalized spacial score (nSPS) is 10.9. The first-order chi connectivity index (χ1) is 50.2. The van der Waals surface area contributed by atoms with Crippen LogP contribution in [-0.4, -0.2) is 90.7 Å². The van der Waals surface area contributed by atoms with Crippen molar-refractivity contribution in [2.75, 3.05) is 30.4 Å². The molecule has 0 fully saturated rings. The van der Waals surface area contributed by atoms with Gasteiger partial charge in [-0.1, -0.05) is 18.2 Å². The molecule has 6 aromatic carbocycles. The van der Waals surface area contributed by atoms with Crippen molar-refractivity contribution in [3.8, 4) is 78.5 Å². The van der Waals surface area contributed by atoms with E-state index in [-0.39, 0.29) is 47.2 Å². The Labute approximate surface area is 601 Å². The quantitative estimate of drug-likeness (QED) is 0.0670. The van der Waals surface area contributed by atoms with Crippen LogP contribution in [0.4, 0.5) is 30.6 Å². The van der Waals surface area contributed by atoms with E-state index in [4.69, 9.17) is 27.7 Å². The molecule has 0 atom stereocenters. The molecule has 9 heterocycles. The number of amides is 1. The number of hydrogen-bond acceptors (Lipinski definition) is 17. The molecule has 15 rings (SSSR count). The van der Waals surface area contributed by atoms with Gasteiger partial charge in [0.1, 0.15) is 46.3 Å². The van der Waals surface area contributed by atoms with E-state index in [2.05, 4.69) is 90.0 Å². The van der Waals surface area contributed by atoms with E-state index in [1.54, 1.807) is 68.8 Å². The average Bonchev–Trinajstić information content (AvgIpc) is 1.04. The van der Waals surface area contributed by atoms with Crippen molar-refractivity contribution in [3.63, 3.8) is 0 Å². The Bertz CT molecular complexity index is 5700. The van der Waals surface area contributed by atoms with Crippen LogP contribution in [0.1, 0.15) is 61.6 Å². The number of carbonyl (C=O) groups is 3. The Balaban J connectivity index is 0.000000138. The lowest BCUT2D eigenvalue weighted by atomic mass is 9.96. The van der Waals surface area contributed by atoms with Gasteiger partial charge in [-0.15, -0.1) is 0 Å². The topological polar surface area (TPSA) is 315 Å². The standard InChI is InChI=1S/C27H22FN5O2.C25H19FN6O.C21H15BrFN3.C6H8N2O2/c1-3-35-27(34)19-14-31-33(15-19)24-13-22(18-6-9-23-21(12-18)16(2)10-11-30-23)25(32-26(24)29)17-4-7-20(28)8-5-17;1-14-8-9-29-21-7-4-16(10-19(14)21)20-11-22(32-13-17(12-30-32)25(28)33)24(27)31-23(20)15-2-5-18(26)6-3-15;1-12-8-9-25-19-7-4-14(10-16(12)19)17-11-18(22)21(24)26-20(17)13-2-5-15(23)6-3-13;1-2-10-6(9)5-3-7-8-4-5/h4-15H,3H2,1-2H3,(H2,29,32);2-13H,1H3,(H2,27,31)(H2,28,33);2-11H,1H3,(H2,24,26);3-4H,2H2,1H3,(H,7,8). The van der Waals surface area contributed by atoms with Crippen LogP contribution in [0.3, 0.4) is 0 Å². The van der Waals surface area contributed by atoms with Crippen LogP contribution in [0, 0.1) is 38.2 Å². The molecule has 518 valence electrons. The lowest BCUT2D eigenvalue weighted by Crippen LogP contribution is -2.10. The van der Waals surface area contributed by atoms with Gasteiger partial charge >= 0.3 is 11.9 Å². The molecular formula is C79H64BrF3N16O5. The lowest BCUT2D eigenvalue weighted by Gasteiger charge is -2.15. The number of pyridine rings is 6. The SMILES string of the molecule is CCOC(=O)c1cn[nH]c1.CCOC(=O)c1cnn(-c2cc(-c3ccc4nccc(C)c4c3)c(-c3ccc(F)cc3)nc2N)c1.Cc1ccnc2ccc(-c3cc(-n4cc(C(N)=O)cn4)c(N)nc3-c3ccc(F)cc3)cc12.Cc1ccnc2ccc(-c3cc(Br)c(N)nc3-c3ccc(F)cc3)cc12. The number of nitrogens with two attached hydrogens (primary N) is 4. The van der Waals surface area contributed by atoms with Crippen molar-refractivity contribution in [3.05, 3.63) is 275 Å². The molecule has 9 aromatic heterocycles. The maximum Gasteiger partial charge on any atom is 0.341 e. The minimum absolute atomic E-state index is 0.204. The third-order valence-electron chi connectivity index (χ3n) is 16.7. The molecule has 0 aliphatic carbocycles. The maximum absolute atomic E-state index is 13.6. The minimum atomic E-state index is -0.589. The first-order valence-electron chi connectivity index (χ1n) is 32.4. The summed E-state index contributed by atoms with van der Waals surface area (Å²) in [5.41, 5.74) is 41.5. The number of esters is 2. The number of carbonyl (C=O) groups excluding carboxylic acids is 3. The molecule has 25 heteroatoms. The van der Waals surface area contributed by atoms with Gasteiger partial charge in [-0.3, -0.25) is 24.8 Å². The van der Waals surface area contributed by atoms with Gasteiger partial charge in [-0.25, -0.2) is 47.1 Å². The summed E-state index contributed by atoms with van der Waals surface area (Å²) >= 11 is 3.47. The second-order valence-electron chi connectivity index (χ2n) is 23.6. The van der Waals surface area contributed by atoms with Gasteiger partial charge in [0.15, 0.2) is 0 Å². The molecule has 0 radical (unpaired) electrons. The highest BCUT2D eigenvalue weighted by molar-refractivity contribution is 9.10. The number of rotatable bonds is 13. The van der Waals surface area contributed by atoms with Crippen LogP contribution in [-0.2, 0) is 9.47 Å². The Hall–Kier alpha value is -13.3. The summed E-state index contributed by atoms with van der Waals surface area (Å²) in [5, 5.41) is 17.7. The summed E-state index contributed by atoms with van der Waals surface area (Å²) in [4.78, 5) is 61.6. The highest BCUT2D eigenvalue weighted by Crippen LogP contribution is 2.40. The fourth-order valence-corrected chi connectivity index (χ4v) is 11.7. The highest BCUT2D eigenvalue weighted by atomic mass is 79.9. The number of H-pyrrole nitrogens is 1. The maximum atomic E-state index is 13.6. The molecular weight excluding hydrogens is 1390 g/mol. The molecule has 0 bridgehead atoms. The summed E-state index contributed by atoms with van der Waals surface area (Å²) in [6.45, 7) is 10.3. The second-order valence-corrected chi connectivity index (χ2v) is 24.4. The van der Waals surface area contributed by atoms with Gasteiger partial charge in [0.2, 0.25) is 0 Å². The molecule has 15 aromatic rings. The molecule has 1 amide bonds. The van der Waals surface area contributed by atoms with E-state index in [0.29, 0.717) is 57.6 Å². The van der Waals surface area contributed by atoms with Crippen LogP contribution in [0.2, 0.25) is 0 Å². The zero-order chi connectivity index (χ0) is 73.3. The molecule has 21 nitrogen and oxygen atoms in total. The van der Waals surface area contributed by atoms with Crippen LogP contribution in [0.25, 0.3) is 111 Å². The van der Waals surface area contributed by atoms with Crippen molar-refractivity contribution in [2.45, 2.75) is 34.6 Å². The van der Waals surface area contributed by atoms with Crippen molar-refractivity contribution >= 4 is 83.9 Å². The fraction of sp³-hybridized carbons (Fsp3) is 0.0886. The smallest absolute Gasteiger partial charge is 0.341 e. The van der Waals surface area contributed by atoms with Gasteiger partial charge < -0.3 is 32.4 Å². The Morgan fingerprint density at radius 2 is 0.808 bits per heavy atom. The van der Waals surface area contributed by atoms with Gasteiger partial charge in [-0.05, 0) is 230 Å². The summed E-state index contributed by atoms with van der Waals surface area (Å²) in [5.74, 6) is -1.54. The van der Waals surface area contributed by atoms with E-state index < -0.39 is 11.9 Å². The molecule has 0 aliphatic rings. The molecule has 0 saturated carbocycles. The van der Waals surface area contributed by atoms with E-state index in [1.165, 1.54) is 76.7 Å². The molecule has 9 N–H and O–H groups in total. The van der Waals surface area contributed by atoms with Crippen molar-refractivity contribution in [1.82, 2.24) is 59.7 Å². The van der Waals surface area contributed by atoms with E-state index >= 15 is 0 Å². The number of aryl methyl sites for hydroxylation is 3. The number of fused-ring (bicyclic) bond motifs is 3. The number of nitrogens with zero attached hydrogens (tertiary/aromatic N) is 11. The van der Waals surface area contributed by atoms with Crippen molar-refractivity contribution < 1.29 is 37.0 Å². The average molecular weight is 1450 g/mol. The zero-order valence-electron chi connectivity index (χ0n) is 56.5. The first-order valence-corrected chi connectivity index (χ1v) is 33.2. The number of anilines is 3. The third kappa shape index (κ3) is 15.7. The molecule has 0 aliphatic heterocycles. The van der Waals surface area contributed by atoms with Crippen LogP contribution in [0.5, 0.6) is 0 Å². The van der Waals surface area contributed by atoms with Gasteiger partial charge in [0, 0.05) is 86.7 Å². The second kappa shape index (κ2) is 31.1. The molecule has 0 saturated heterocycles. The minimum Gasteiger partial charge on any atom is -0.462 e. The fourth-order valence-electron chi connectivity index (χ4n) is 11.3. The molecule has 0 spiro atoms. The number of hydrogen-bond donors (Lipinski definition) is 5. The van der Waals surface area contributed by atoms with Gasteiger partial charge in [-0.2, -0.15) is 15.3 Å². The predicted molar refractivity (Wildman–Crippen MR) is 400 cm³/mol. The predicted octanol–water partition coefficient (Wildman–Crippen LogP) is 16.0. The number of ether oxygens (including phenoxy) is 2.